The summed E-state index contributed by atoms with van der Waals surface area (Å²) in [6.45, 7) is 2.00. The van der Waals surface area contributed by atoms with Gasteiger partial charge in [0.2, 0.25) is 0 Å². The van der Waals surface area contributed by atoms with Crippen LogP contribution < -0.4 is 4.72 Å². The Hall–Kier alpha value is -3.19. The maximum Gasteiger partial charge on any atom is 0.311 e. The molecule has 0 aliphatic carbocycles. The van der Waals surface area contributed by atoms with E-state index in [1.165, 1.54) is 6.07 Å². The van der Waals surface area contributed by atoms with Crippen LogP contribution in [-0.2, 0) is 26.0 Å². The Morgan fingerprint density at radius 1 is 0.929 bits per heavy atom. The molecule has 1 aromatic heterocycles. The molecular formula is C21H20N2O4S. The molecule has 0 amide bonds. The summed E-state index contributed by atoms with van der Waals surface area (Å²) in [7, 11) is -3.80. The predicted molar refractivity (Wildman–Crippen MR) is 107 cm³/mol. The van der Waals surface area contributed by atoms with Gasteiger partial charge in [-0.1, -0.05) is 48.5 Å². The Morgan fingerprint density at radius 3 is 2.29 bits per heavy atom. The summed E-state index contributed by atoms with van der Waals surface area (Å²) in [6, 6.07) is 21.1. The molecule has 0 aliphatic heterocycles. The van der Waals surface area contributed by atoms with Gasteiger partial charge in [-0.3, -0.25) is 9.52 Å². The van der Waals surface area contributed by atoms with Gasteiger partial charge in [0.1, 0.15) is 5.82 Å². The molecule has 6 nitrogen and oxygen atoms in total. The maximum atomic E-state index is 12.6. The molecule has 0 radical (unpaired) electrons. The number of sulfonamides is 1. The highest BCUT2D eigenvalue weighted by Crippen LogP contribution is 2.22. The molecule has 3 rings (SSSR count). The average molecular weight is 396 g/mol. The first-order valence-electron chi connectivity index (χ1n) is 8.78. The second-order valence-electron chi connectivity index (χ2n) is 5.99. The van der Waals surface area contributed by atoms with E-state index in [2.05, 4.69) is 9.71 Å². The number of carbonyl (C=O) groups is 1. The number of anilines is 1. The average Bonchev–Trinajstić information content (AvgIpc) is 2.69. The molecule has 7 heteroatoms. The summed E-state index contributed by atoms with van der Waals surface area (Å²) in [6.07, 6.45) is -0.0187. The number of esters is 1. The fourth-order valence-corrected chi connectivity index (χ4v) is 3.65. The molecule has 2 aromatic carbocycles. The van der Waals surface area contributed by atoms with E-state index < -0.39 is 16.0 Å². The molecule has 0 spiro atoms. The molecule has 3 aromatic rings. The van der Waals surface area contributed by atoms with Gasteiger partial charge in [0, 0.05) is 0 Å². The predicted octanol–water partition coefficient (Wildman–Crippen LogP) is 3.66. The van der Waals surface area contributed by atoms with E-state index in [9.17, 15) is 13.2 Å². The van der Waals surface area contributed by atoms with Gasteiger partial charge in [-0.05, 0) is 42.3 Å². The van der Waals surface area contributed by atoms with Crippen LogP contribution in [-0.4, -0.2) is 26.0 Å². The molecular weight excluding hydrogens is 376 g/mol. The monoisotopic (exact) mass is 396 g/mol. The zero-order chi connectivity index (χ0) is 20.0. The standard InChI is InChI=1S/C21H20N2O4S/c1-2-27-21(24)15-18-9-6-10-20(22-18)23-28(25,26)19-13-11-17(12-14-19)16-7-4-3-5-8-16/h3-14H,2,15H2,1H3,(H,22,23). The lowest BCUT2D eigenvalue weighted by Crippen LogP contribution is -2.15. The summed E-state index contributed by atoms with van der Waals surface area (Å²) in [5.41, 5.74) is 2.36. The van der Waals surface area contributed by atoms with Gasteiger partial charge in [-0.25, -0.2) is 13.4 Å². The van der Waals surface area contributed by atoms with Crippen molar-refractivity contribution in [1.82, 2.24) is 4.98 Å². The summed E-state index contributed by atoms with van der Waals surface area (Å²) in [4.78, 5) is 15.9. The van der Waals surface area contributed by atoms with E-state index >= 15 is 0 Å². The number of hydrogen-bond donors (Lipinski definition) is 1. The van der Waals surface area contributed by atoms with Crippen LogP contribution in [0.4, 0.5) is 5.82 Å². The Kier molecular flexibility index (Phi) is 6.06. The Bertz CT molecular complexity index is 1050. The zero-order valence-corrected chi connectivity index (χ0v) is 16.1. The van der Waals surface area contributed by atoms with Crippen LogP contribution >= 0.6 is 0 Å². The van der Waals surface area contributed by atoms with Crippen molar-refractivity contribution in [3.05, 3.63) is 78.5 Å². The minimum absolute atomic E-state index is 0.0187. The quantitative estimate of drug-likeness (QED) is 0.616. The van der Waals surface area contributed by atoms with Crippen LogP contribution in [0.3, 0.4) is 0 Å². The van der Waals surface area contributed by atoms with Crippen LogP contribution in [0.1, 0.15) is 12.6 Å². The van der Waals surface area contributed by atoms with Gasteiger partial charge in [-0.15, -0.1) is 0 Å². The molecule has 0 fully saturated rings. The Balaban J connectivity index is 1.76. The van der Waals surface area contributed by atoms with Crippen LogP contribution in [0.15, 0.2) is 77.7 Å². The van der Waals surface area contributed by atoms with Gasteiger partial charge in [0.25, 0.3) is 10.0 Å². The molecule has 144 valence electrons. The highest BCUT2D eigenvalue weighted by atomic mass is 32.2. The lowest BCUT2D eigenvalue weighted by molar-refractivity contribution is -0.142. The minimum atomic E-state index is -3.80. The van der Waals surface area contributed by atoms with Gasteiger partial charge < -0.3 is 4.74 Å². The summed E-state index contributed by atoms with van der Waals surface area (Å²) >= 11 is 0. The molecule has 0 atom stereocenters. The second-order valence-corrected chi connectivity index (χ2v) is 7.67. The third-order valence-corrected chi connectivity index (χ3v) is 5.32. The lowest BCUT2D eigenvalue weighted by Gasteiger charge is -2.09. The molecule has 28 heavy (non-hydrogen) atoms. The van der Waals surface area contributed by atoms with Crippen LogP contribution in [0.2, 0.25) is 0 Å². The van der Waals surface area contributed by atoms with Crippen molar-refractivity contribution in [3.63, 3.8) is 0 Å². The Morgan fingerprint density at radius 2 is 1.61 bits per heavy atom. The third kappa shape index (κ3) is 4.95. The molecule has 0 unspecified atom stereocenters. The first kappa shape index (κ1) is 19.6. The number of nitrogens with one attached hydrogen (secondary N) is 1. The topological polar surface area (TPSA) is 85.4 Å². The van der Waals surface area contributed by atoms with E-state index in [1.54, 1.807) is 43.3 Å². The maximum absolute atomic E-state index is 12.6. The zero-order valence-electron chi connectivity index (χ0n) is 15.3. The first-order chi connectivity index (χ1) is 13.5. The molecule has 1 N–H and O–H groups in total. The smallest absolute Gasteiger partial charge is 0.311 e. The van der Waals surface area contributed by atoms with Crippen molar-refractivity contribution in [3.8, 4) is 11.1 Å². The highest BCUT2D eigenvalue weighted by Gasteiger charge is 2.15. The molecule has 0 saturated carbocycles. The second kappa shape index (κ2) is 8.67. The summed E-state index contributed by atoms with van der Waals surface area (Å²) in [5, 5.41) is 0. The van der Waals surface area contributed by atoms with E-state index in [0.717, 1.165) is 11.1 Å². The van der Waals surface area contributed by atoms with E-state index in [0.29, 0.717) is 5.69 Å². The van der Waals surface area contributed by atoms with Crippen LogP contribution in [0.25, 0.3) is 11.1 Å². The molecule has 0 aliphatic rings. The fraction of sp³-hybridized carbons (Fsp3) is 0.143. The third-order valence-electron chi connectivity index (χ3n) is 3.95. The van der Waals surface area contributed by atoms with Crippen molar-refractivity contribution in [2.75, 3.05) is 11.3 Å². The normalized spacial score (nSPS) is 11.0. The number of carbonyl (C=O) groups excluding carboxylic acids is 1. The molecule has 1 heterocycles. The lowest BCUT2D eigenvalue weighted by atomic mass is 10.1. The summed E-state index contributed by atoms with van der Waals surface area (Å²) in [5.74, 6) is -0.263. The van der Waals surface area contributed by atoms with Gasteiger partial charge in [0.15, 0.2) is 0 Å². The highest BCUT2D eigenvalue weighted by molar-refractivity contribution is 7.92. The number of pyridine rings is 1. The van der Waals surface area contributed by atoms with Crippen LogP contribution in [0.5, 0.6) is 0 Å². The number of ether oxygens (including phenoxy) is 1. The van der Waals surface area contributed by atoms with E-state index in [-0.39, 0.29) is 23.7 Å². The first-order valence-corrected chi connectivity index (χ1v) is 10.3. The number of benzene rings is 2. The molecule has 0 saturated heterocycles. The van der Waals surface area contributed by atoms with Gasteiger partial charge in [-0.2, -0.15) is 0 Å². The SMILES string of the molecule is CCOC(=O)Cc1cccc(NS(=O)(=O)c2ccc(-c3ccccc3)cc2)n1. The van der Waals surface area contributed by atoms with Crippen molar-refractivity contribution in [1.29, 1.82) is 0 Å². The van der Waals surface area contributed by atoms with E-state index in [1.807, 2.05) is 30.3 Å². The number of hydrogen-bond acceptors (Lipinski definition) is 5. The number of nitrogens with zero attached hydrogens (tertiary/aromatic N) is 1. The minimum Gasteiger partial charge on any atom is -0.466 e. The Labute approximate surface area is 164 Å². The number of rotatable bonds is 7. The van der Waals surface area contributed by atoms with Gasteiger partial charge in [0.05, 0.1) is 23.6 Å². The van der Waals surface area contributed by atoms with Crippen molar-refractivity contribution >= 4 is 21.8 Å². The van der Waals surface area contributed by atoms with Crippen molar-refractivity contribution < 1.29 is 17.9 Å². The van der Waals surface area contributed by atoms with Crippen LogP contribution in [0, 0.1) is 0 Å². The van der Waals surface area contributed by atoms with Gasteiger partial charge >= 0.3 is 5.97 Å². The number of aromatic nitrogens is 1. The molecule has 0 bridgehead atoms. The van der Waals surface area contributed by atoms with Crippen molar-refractivity contribution in [2.45, 2.75) is 18.2 Å². The van der Waals surface area contributed by atoms with E-state index in [4.69, 9.17) is 4.74 Å². The fourth-order valence-electron chi connectivity index (χ4n) is 2.65. The summed E-state index contributed by atoms with van der Waals surface area (Å²) < 4.78 is 32.6. The largest absolute Gasteiger partial charge is 0.466 e. The van der Waals surface area contributed by atoms with Crippen molar-refractivity contribution in [2.24, 2.45) is 0 Å².